The summed E-state index contributed by atoms with van der Waals surface area (Å²) in [4.78, 5) is 27.4. The van der Waals surface area contributed by atoms with Crippen LogP contribution in [0.25, 0.3) is 6.08 Å². The van der Waals surface area contributed by atoms with Crippen molar-refractivity contribution >= 4 is 49.8 Å². The lowest BCUT2D eigenvalue weighted by Gasteiger charge is -2.27. The van der Waals surface area contributed by atoms with Crippen molar-refractivity contribution in [3.8, 4) is 0 Å². The second-order valence-electron chi connectivity index (χ2n) is 5.98. The maximum atomic E-state index is 13.0. The summed E-state index contributed by atoms with van der Waals surface area (Å²) in [5.74, 6) is -0.555. The van der Waals surface area contributed by atoms with Crippen LogP contribution in [0.2, 0.25) is 0 Å². The van der Waals surface area contributed by atoms with Gasteiger partial charge < -0.3 is 15.0 Å². The summed E-state index contributed by atoms with van der Waals surface area (Å²) in [7, 11) is 0. The third kappa shape index (κ3) is 5.51. The number of morpholine rings is 1. The maximum Gasteiger partial charge on any atom is 0.270 e. The van der Waals surface area contributed by atoms with Gasteiger partial charge in [-0.25, -0.2) is 0 Å². The number of benzene rings is 2. The van der Waals surface area contributed by atoms with Gasteiger partial charge in [-0.1, -0.05) is 50.1 Å². The monoisotopic (exact) mass is 492 g/mol. The van der Waals surface area contributed by atoms with E-state index in [0.717, 1.165) is 14.5 Å². The SMILES string of the molecule is O=C(NC(=Cc1cccc(Br)c1)C(=O)N1CCOCC1)c1cccc(Br)c1. The lowest BCUT2D eigenvalue weighted by atomic mass is 10.1. The predicted octanol–water partition coefficient (Wildman–Crippen LogP) is 3.84. The Kier molecular flexibility index (Phi) is 6.82. The van der Waals surface area contributed by atoms with Crippen molar-refractivity contribution in [2.45, 2.75) is 0 Å². The largest absolute Gasteiger partial charge is 0.378 e. The van der Waals surface area contributed by atoms with Crippen LogP contribution < -0.4 is 5.32 Å². The number of amides is 2. The molecular formula is C20H18Br2N2O3. The molecule has 0 aliphatic carbocycles. The number of halogens is 2. The van der Waals surface area contributed by atoms with Gasteiger partial charge in [-0.15, -0.1) is 0 Å². The van der Waals surface area contributed by atoms with Crippen molar-refractivity contribution in [3.63, 3.8) is 0 Å². The first-order valence-electron chi connectivity index (χ1n) is 8.44. The Labute approximate surface area is 174 Å². The molecule has 0 saturated carbocycles. The van der Waals surface area contributed by atoms with Gasteiger partial charge in [0.2, 0.25) is 0 Å². The van der Waals surface area contributed by atoms with Crippen LogP contribution in [0.1, 0.15) is 15.9 Å². The molecule has 2 aromatic carbocycles. The highest BCUT2D eigenvalue weighted by Gasteiger charge is 2.22. The van der Waals surface area contributed by atoms with E-state index >= 15 is 0 Å². The minimum atomic E-state index is -0.334. The van der Waals surface area contributed by atoms with Gasteiger partial charge in [0.1, 0.15) is 5.70 Å². The van der Waals surface area contributed by atoms with Crippen LogP contribution in [-0.4, -0.2) is 43.0 Å². The van der Waals surface area contributed by atoms with Crippen LogP contribution in [0.3, 0.4) is 0 Å². The number of nitrogens with one attached hydrogen (secondary N) is 1. The summed E-state index contributed by atoms with van der Waals surface area (Å²) in [6.07, 6.45) is 1.69. The average molecular weight is 494 g/mol. The Bertz CT molecular complexity index is 877. The van der Waals surface area contributed by atoms with E-state index in [1.165, 1.54) is 0 Å². The summed E-state index contributed by atoms with van der Waals surface area (Å²) in [5.41, 5.74) is 1.52. The van der Waals surface area contributed by atoms with Crippen LogP contribution >= 0.6 is 31.9 Å². The lowest BCUT2D eigenvalue weighted by molar-refractivity contribution is -0.131. The molecule has 1 fully saturated rings. The molecule has 0 unspecified atom stereocenters. The molecule has 1 saturated heterocycles. The molecular weight excluding hydrogens is 476 g/mol. The molecule has 0 radical (unpaired) electrons. The molecule has 2 amide bonds. The smallest absolute Gasteiger partial charge is 0.270 e. The van der Waals surface area contributed by atoms with Crippen molar-refractivity contribution in [2.75, 3.05) is 26.3 Å². The van der Waals surface area contributed by atoms with E-state index in [9.17, 15) is 9.59 Å². The van der Waals surface area contributed by atoms with Gasteiger partial charge in [0, 0.05) is 27.6 Å². The van der Waals surface area contributed by atoms with Crippen LogP contribution in [0.4, 0.5) is 0 Å². The van der Waals surface area contributed by atoms with Gasteiger partial charge in [-0.3, -0.25) is 9.59 Å². The van der Waals surface area contributed by atoms with Gasteiger partial charge in [0.25, 0.3) is 11.8 Å². The van der Waals surface area contributed by atoms with Crippen molar-refractivity contribution in [1.29, 1.82) is 0 Å². The van der Waals surface area contributed by atoms with E-state index in [0.29, 0.717) is 31.9 Å². The quantitative estimate of drug-likeness (QED) is 0.658. The Balaban J connectivity index is 1.89. The highest BCUT2D eigenvalue weighted by Crippen LogP contribution is 2.16. The van der Waals surface area contributed by atoms with Crippen LogP contribution in [0.5, 0.6) is 0 Å². The predicted molar refractivity (Wildman–Crippen MR) is 111 cm³/mol. The first-order valence-corrected chi connectivity index (χ1v) is 10.0. The Hall–Kier alpha value is -1.96. The molecule has 1 heterocycles. The molecule has 1 aliphatic heterocycles. The molecule has 3 rings (SSSR count). The minimum absolute atomic E-state index is 0.221. The highest BCUT2D eigenvalue weighted by atomic mass is 79.9. The first-order chi connectivity index (χ1) is 13.0. The van der Waals surface area contributed by atoms with E-state index in [1.807, 2.05) is 30.3 Å². The minimum Gasteiger partial charge on any atom is -0.378 e. The number of nitrogens with zero attached hydrogens (tertiary/aromatic N) is 1. The number of hydrogen-bond acceptors (Lipinski definition) is 3. The summed E-state index contributed by atoms with van der Waals surface area (Å²) in [6, 6.07) is 14.6. The molecule has 140 valence electrons. The zero-order valence-electron chi connectivity index (χ0n) is 14.5. The maximum absolute atomic E-state index is 13.0. The molecule has 1 aliphatic rings. The van der Waals surface area contributed by atoms with Crippen LogP contribution in [0, 0.1) is 0 Å². The second kappa shape index (κ2) is 9.30. The molecule has 7 heteroatoms. The number of rotatable bonds is 4. The Morgan fingerprint density at radius 3 is 2.33 bits per heavy atom. The Morgan fingerprint density at radius 2 is 1.67 bits per heavy atom. The summed E-state index contributed by atoms with van der Waals surface area (Å²) < 4.78 is 7.01. The van der Waals surface area contributed by atoms with E-state index in [1.54, 1.807) is 29.2 Å². The van der Waals surface area contributed by atoms with Gasteiger partial charge in [0.15, 0.2) is 0 Å². The first kappa shape index (κ1) is 19.8. The fraction of sp³-hybridized carbons (Fsp3) is 0.200. The number of ether oxygens (including phenoxy) is 1. The fourth-order valence-corrected chi connectivity index (χ4v) is 3.49. The normalized spacial score (nSPS) is 14.7. The standard InChI is InChI=1S/C20H18Br2N2O3/c21-16-5-1-3-14(11-16)12-18(20(26)24-7-9-27-10-8-24)23-19(25)15-4-2-6-17(22)13-15/h1-6,11-13H,7-10H2,(H,23,25). The second-order valence-corrected chi connectivity index (χ2v) is 7.81. The van der Waals surface area contributed by atoms with Crippen molar-refractivity contribution in [2.24, 2.45) is 0 Å². The zero-order chi connectivity index (χ0) is 19.2. The lowest BCUT2D eigenvalue weighted by Crippen LogP contribution is -2.44. The summed E-state index contributed by atoms with van der Waals surface area (Å²) in [5, 5.41) is 2.78. The van der Waals surface area contributed by atoms with E-state index in [2.05, 4.69) is 37.2 Å². The summed E-state index contributed by atoms with van der Waals surface area (Å²) in [6.45, 7) is 1.99. The molecule has 27 heavy (non-hydrogen) atoms. The van der Waals surface area contributed by atoms with Crippen molar-refractivity contribution < 1.29 is 14.3 Å². The molecule has 0 aromatic heterocycles. The molecule has 0 bridgehead atoms. The van der Waals surface area contributed by atoms with Crippen LogP contribution in [-0.2, 0) is 9.53 Å². The van der Waals surface area contributed by atoms with Gasteiger partial charge in [-0.2, -0.15) is 0 Å². The molecule has 0 atom stereocenters. The molecule has 5 nitrogen and oxygen atoms in total. The number of carbonyl (C=O) groups is 2. The average Bonchev–Trinajstić information content (AvgIpc) is 2.67. The van der Waals surface area contributed by atoms with Crippen molar-refractivity contribution in [3.05, 3.63) is 74.3 Å². The van der Waals surface area contributed by atoms with Gasteiger partial charge >= 0.3 is 0 Å². The fourth-order valence-electron chi connectivity index (χ4n) is 2.68. The topological polar surface area (TPSA) is 58.6 Å². The van der Waals surface area contributed by atoms with E-state index in [-0.39, 0.29) is 17.5 Å². The van der Waals surface area contributed by atoms with Gasteiger partial charge in [-0.05, 0) is 42.0 Å². The molecule has 0 spiro atoms. The van der Waals surface area contributed by atoms with Crippen LogP contribution in [0.15, 0.2) is 63.2 Å². The van der Waals surface area contributed by atoms with Crippen molar-refractivity contribution in [1.82, 2.24) is 10.2 Å². The Morgan fingerprint density at radius 1 is 1.00 bits per heavy atom. The molecule has 2 aromatic rings. The van der Waals surface area contributed by atoms with E-state index < -0.39 is 0 Å². The third-order valence-electron chi connectivity index (χ3n) is 4.02. The third-order valence-corrected chi connectivity index (χ3v) is 5.01. The number of hydrogen-bond donors (Lipinski definition) is 1. The van der Waals surface area contributed by atoms with Gasteiger partial charge in [0.05, 0.1) is 13.2 Å². The summed E-state index contributed by atoms with van der Waals surface area (Å²) >= 11 is 6.79. The number of carbonyl (C=O) groups excluding carboxylic acids is 2. The zero-order valence-corrected chi connectivity index (χ0v) is 17.6. The van der Waals surface area contributed by atoms with E-state index in [4.69, 9.17) is 4.74 Å². The highest BCUT2D eigenvalue weighted by molar-refractivity contribution is 9.10. The molecule has 1 N–H and O–H groups in total.